The minimum absolute atomic E-state index is 0.106. The normalized spacial score (nSPS) is 13.0. The third-order valence-corrected chi connectivity index (χ3v) is 5.19. The van der Waals surface area contributed by atoms with Crippen LogP contribution in [-0.4, -0.2) is 39.6 Å². The second-order valence-electron chi connectivity index (χ2n) is 6.94. The lowest BCUT2D eigenvalue weighted by molar-refractivity contribution is -0.114. The van der Waals surface area contributed by atoms with E-state index in [1.54, 1.807) is 0 Å². The zero-order valence-electron chi connectivity index (χ0n) is 16.6. The van der Waals surface area contributed by atoms with E-state index in [4.69, 9.17) is 0 Å². The first-order chi connectivity index (χ1) is 13.7. The van der Waals surface area contributed by atoms with Gasteiger partial charge in [-0.15, -0.1) is 0 Å². The number of benzene rings is 2. The minimum Gasteiger partial charge on any atom is -0.371 e. The Labute approximate surface area is 170 Å². The van der Waals surface area contributed by atoms with Crippen LogP contribution in [0.15, 0.2) is 36.4 Å². The van der Waals surface area contributed by atoms with Crippen molar-refractivity contribution in [1.82, 2.24) is 0 Å². The van der Waals surface area contributed by atoms with Gasteiger partial charge in [-0.25, -0.2) is 8.42 Å². The van der Waals surface area contributed by atoms with Gasteiger partial charge >= 0.3 is 0 Å². The van der Waals surface area contributed by atoms with Gasteiger partial charge < -0.3 is 15.5 Å². The van der Waals surface area contributed by atoms with Crippen LogP contribution in [0, 0.1) is 0 Å². The van der Waals surface area contributed by atoms with Gasteiger partial charge in [-0.2, -0.15) is 0 Å². The van der Waals surface area contributed by atoms with E-state index in [-0.39, 0.29) is 17.2 Å². The zero-order valence-corrected chi connectivity index (χ0v) is 17.4. The molecule has 0 spiro atoms. The van der Waals surface area contributed by atoms with Gasteiger partial charge in [0.25, 0.3) is 5.91 Å². The van der Waals surface area contributed by atoms with Crippen molar-refractivity contribution in [2.75, 3.05) is 39.6 Å². The number of sulfonamides is 1. The topological polar surface area (TPSA) is 108 Å². The van der Waals surface area contributed by atoms with E-state index in [9.17, 15) is 18.0 Å². The third kappa shape index (κ3) is 5.05. The predicted molar refractivity (Wildman–Crippen MR) is 115 cm³/mol. The summed E-state index contributed by atoms with van der Waals surface area (Å²) in [5.74, 6) is -0.775. The number of hydrogen-bond donors (Lipinski definition) is 3. The number of hydrogen-bond acceptors (Lipinski definition) is 5. The van der Waals surface area contributed by atoms with Crippen LogP contribution in [0.1, 0.15) is 29.8 Å². The van der Waals surface area contributed by atoms with Gasteiger partial charge in [-0.3, -0.25) is 14.3 Å². The predicted octanol–water partition coefficient (Wildman–Crippen LogP) is 2.65. The number of carbonyl (C=O) groups excluding carboxylic acids is 2. The molecule has 0 aromatic heterocycles. The van der Waals surface area contributed by atoms with Crippen LogP contribution in [0.3, 0.4) is 0 Å². The molecule has 3 rings (SSSR count). The molecular formula is C20H24N4O4S. The summed E-state index contributed by atoms with van der Waals surface area (Å²) in [6.07, 6.45) is 1.98. The van der Waals surface area contributed by atoms with Gasteiger partial charge in [0.2, 0.25) is 15.9 Å². The Bertz CT molecular complexity index is 1070. The molecule has 1 aliphatic rings. The molecule has 3 N–H and O–H groups in total. The second kappa shape index (κ2) is 8.12. The first-order valence-electron chi connectivity index (χ1n) is 9.25. The molecule has 0 saturated carbocycles. The summed E-state index contributed by atoms with van der Waals surface area (Å²) < 4.78 is 25.7. The van der Waals surface area contributed by atoms with Crippen LogP contribution < -0.4 is 20.3 Å². The first kappa shape index (κ1) is 20.7. The molecule has 8 nitrogen and oxygen atoms in total. The standard InChI is InChI=1S/C20H24N4O4S/c1-4-24-10-9-14-5-6-16(12-19(14)24)22-20(26)17-11-15(21-13(2)25)7-8-18(17)23-29(3,27)28/h5-8,11-12,23H,4,9-10H2,1-3H3,(H,21,25)(H,22,26). The number of amides is 2. The van der Waals surface area contributed by atoms with Gasteiger partial charge in [0.15, 0.2) is 0 Å². The van der Waals surface area contributed by atoms with Gasteiger partial charge in [-0.1, -0.05) is 6.07 Å². The van der Waals surface area contributed by atoms with Crippen molar-refractivity contribution < 1.29 is 18.0 Å². The third-order valence-electron chi connectivity index (χ3n) is 4.60. The Morgan fingerprint density at radius 1 is 1.07 bits per heavy atom. The molecule has 2 amide bonds. The highest BCUT2D eigenvalue weighted by Crippen LogP contribution is 2.31. The minimum atomic E-state index is -3.58. The van der Waals surface area contributed by atoms with Crippen molar-refractivity contribution in [2.45, 2.75) is 20.3 Å². The lowest BCUT2D eigenvalue weighted by Crippen LogP contribution is -2.20. The number of carbonyl (C=O) groups is 2. The smallest absolute Gasteiger partial charge is 0.257 e. The van der Waals surface area contributed by atoms with Gasteiger partial charge in [0, 0.05) is 37.1 Å². The van der Waals surface area contributed by atoms with Crippen molar-refractivity contribution in [2.24, 2.45) is 0 Å². The van der Waals surface area contributed by atoms with Crippen LogP contribution in [0.2, 0.25) is 0 Å². The number of likely N-dealkylation sites (N-methyl/N-ethyl adjacent to an activating group) is 1. The molecule has 0 saturated heterocycles. The highest BCUT2D eigenvalue weighted by Gasteiger charge is 2.20. The number of anilines is 4. The maximum Gasteiger partial charge on any atom is 0.257 e. The van der Waals surface area contributed by atoms with E-state index in [2.05, 4.69) is 27.2 Å². The zero-order chi connectivity index (χ0) is 21.2. The summed E-state index contributed by atoms with van der Waals surface area (Å²) in [5, 5.41) is 5.42. The monoisotopic (exact) mass is 416 g/mol. The van der Waals surface area contributed by atoms with Crippen molar-refractivity contribution >= 4 is 44.6 Å². The lowest BCUT2D eigenvalue weighted by Gasteiger charge is -2.18. The van der Waals surface area contributed by atoms with Crippen molar-refractivity contribution in [3.63, 3.8) is 0 Å². The average Bonchev–Trinajstić information content (AvgIpc) is 3.03. The number of nitrogens with one attached hydrogen (secondary N) is 3. The summed E-state index contributed by atoms with van der Waals surface area (Å²) >= 11 is 0. The Kier molecular flexibility index (Phi) is 5.78. The second-order valence-corrected chi connectivity index (χ2v) is 8.69. The summed E-state index contributed by atoms with van der Waals surface area (Å²) in [6.45, 7) is 5.26. The van der Waals surface area contributed by atoms with Gasteiger partial charge in [-0.05, 0) is 49.2 Å². The molecule has 0 atom stereocenters. The Balaban J connectivity index is 1.92. The largest absolute Gasteiger partial charge is 0.371 e. The Morgan fingerprint density at radius 3 is 2.41 bits per heavy atom. The molecule has 29 heavy (non-hydrogen) atoms. The van der Waals surface area contributed by atoms with Crippen LogP contribution in [0.5, 0.6) is 0 Å². The first-order valence-corrected chi connectivity index (χ1v) is 11.1. The molecule has 0 aliphatic carbocycles. The number of fused-ring (bicyclic) bond motifs is 1. The van der Waals surface area contributed by atoms with Crippen LogP contribution in [0.25, 0.3) is 0 Å². The molecule has 0 fully saturated rings. The molecule has 2 aromatic rings. The maximum absolute atomic E-state index is 12.9. The number of rotatable bonds is 6. The molecule has 0 unspecified atom stereocenters. The molecule has 0 bridgehead atoms. The van der Waals surface area contributed by atoms with E-state index >= 15 is 0 Å². The van der Waals surface area contributed by atoms with Crippen LogP contribution in [-0.2, 0) is 21.2 Å². The molecule has 2 aromatic carbocycles. The molecular weight excluding hydrogens is 392 g/mol. The highest BCUT2D eigenvalue weighted by molar-refractivity contribution is 7.92. The van der Waals surface area contributed by atoms with Crippen LogP contribution in [0.4, 0.5) is 22.7 Å². The highest BCUT2D eigenvalue weighted by atomic mass is 32.2. The van der Waals surface area contributed by atoms with Crippen molar-refractivity contribution in [3.8, 4) is 0 Å². The van der Waals surface area contributed by atoms with Crippen LogP contribution >= 0.6 is 0 Å². The average molecular weight is 417 g/mol. The molecule has 1 heterocycles. The molecule has 154 valence electrons. The van der Waals surface area contributed by atoms with E-state index in [0.29, 0.717) is 11.4 Å². The fraction of sp³-hybridized carbons (Fsp3) is 0.300. The number of nitrogens with zero attached hydrogens (tertiary/aromatic N) is 1. The molecule has 0 radical (unpaired) electrons. The fourth-order valence-corrected chi connectivity index (χ4v) is 3.93. The van der Waals surface area contributed by atoms with E-state index < -0.39 is 15.9 Å². The SMILES string of the molecule is CCN1CCc2ccc(NC(=O)c3cc(NC(C)=O)ccc3NS(C)(=O)=O)cc21. The quantitative estimate of drug-likeness (QED) is 0.671. The van der Waals surface area contributed by atoms with Crippen molar-refractivity contribution in [3.05, 3.63) is 47.5 Å². The summed E-state index contributed by atoms with van der Waals surface area (Å²) in [6, 6.07) is 10.2. The van der Waals surface area contributed by atoms with E-state index in [1.807, 2.05) is 18.2 Å². The Morgan fingerprint density at radius 2 is 1.76 bits per heavy atom. The van der Waals surface area contributed by atoms with E-state index in [1.165, 1.54) is 30.7 Å². The lowest BCUT2D eigenvalue weighted by atomic mass is 10.1. The van der Waals surface area contributed by atoms with Crippen molar-refractivity contribution in [1.29, 1.82) is 0 Å². The Hall–Kier alpha value is -3.07. The van der Waals surface area contributed by atoms with Gasteiger partial charge in [0.1, 0.15) is 0 Å². The summed E-state index contributed by atoms with van der Waals surface area (Å²) in [5.41, 5.74) is 3.57. The molecule has 1 aliphatic heterocycles. The summed E-state index contributed by atoms with van der Waals surface area (Å²) in [4.78, 5) is 26.5. The van der Waals surface area contributed by atoms with Gasteiger partial charge in [0.05, 0.1) is 17.5 Å². The maximum atomic E-state index is 12.9. The van der Waals surface area contributed by atoms with E-state index in [0.717, 1.165) is 31.5 Å². The summed E-state index contributed by atoms with van der Waals surface area (Å²) in [7, 11) is -3.58. The fourth-order valence-electron chi connectivity index (χ4n) is 3.35. The molecule has 9 heteroatoms.